The molecule has 0 radical (unpaired) electrons. The Labute approximate surface area is 73.3 Å². The summed E-state index contributed by atoms with van der Waals surface area (Å²) in [4.78, 5) is 10.6. The van der Waals surface area contributed by atoms with Gasteiger partial charge in [0.05, 0.1) is 0 Å². The molecule has 0 bridgehead atoms. The highest BCUT2D eigenvalue weighted by Gasteiger charge is 2.55. The van der Waals surface area contributed by atoms with E-state index in [2.05, 4.69) is 27.7 Å². The summed E-state index contributed by atoms with van der Waals surface area (Å²) in [5, 5.41) is 0. The maximum Gasteiger partial charge on any atom is 0.404 e. The number of ether oxygens (including phenoxy) is 1. The van der Waals surface area contributed by atoms with E-state index in [1.54, 1.807) is 0 Å². The number of nitrogens with two attached hydrogens (primary N) is 1. The van der Waals surface area contributed by atoms with Crippen LogP contribution in [0.5, 0.6) is 0 Å². The minimum atomic E-state index is -0.666. The SMILES string of the molecule is CC1(C)CC(C)(C)C1OC(N)=O. The van der Waals surface area contributed by atoms with E-state index in [0.29, 0.717) is 0 Å². The second-order valence-corrected chi connectivity index (χ2v) is 4.97. The Kier molecular flexibility index (Phi) is 1.85. The van der Waals surface area contributed by atoms with Gasteiger partial charge in [-0.2, -0.15) is 0 Å². The third-order valence-electron chi connectivity index (χ3n) is 2.56. The molecule has 0 aromatic carbocycles. The van der Waals surface area contributed by atoms with E-state index in [0.717, 1.165) is 6.42 Å². The van der Waals surface area contributed by atoms with Gasteiger partial charge in [0.1, 0.15) is 6.10 Å². The van der Waals surface area contributed by atoms with Crippen LogP contribution in [0, 0.1) is 10.8 Å². The summed E-state index contributed by atoms with van der Waals surface area (Å²) < 4.78 is 5.06. The maximum atomic E-state index is 10.6. The zero-order valence-corrected chi connectivity index (χ0v) is 8.18. The molecule has 12 heavy (non-hydrogen) atoms. The predicted octanol–water partition coefficient (Wildman–Crippen LogP) is 1.91. The minimum absolute atomic E-state index is 0.0394. The molecular weight excluding hydrogens is 154 g/mol. The van der Waals surface area contributed by atoms with Crippen LogP contribution < -0.4 is 5.73 Å². The fraction of sp³-hybridized carbons (Fsp3) is 0.889. The Morgan fingerprint density at radius 1 is 1.33 bits per heavy atom. The molecule has 1 saturated carbocycles. The summed E-state index contributed by atoms with van der Waals surface area (Å²) in [7, 11) is 0. The van der Waals surface area contributed by atoms with E-state index < -0.39 is 6.09 Å². The zero-order valence-electron chi connectivity index (χ0n) is 8.18. The quantitative estimate of drug-likeness (QED) is 0.655. The molecule has 1 fully saturated rings. The molecule has 3 nitrogen and oxygen atoms in total. The van der Waals surface area contributed by atoms with Gasteiger partial charge >= 0.3 is 6.09 Å². The first-order chi connectivity index (χ1) is 5.26. The number of primary amides is 1. The van der Waals surface area contributed by atoms with Gasteiger partial charge in [0.25, 0.3) is 0 Å². The fourth-order valence-corrected chi connectivity index (χ4v) is 2.72. The number of carbonyl (C=O) groups is 1. The molecule has 3 heteroatoms. The van der Waals surface area contributed by atoms with Crippen molar-refractivity contribution in [2.75, 3.05) is 0 Å². The number of amides is 1. The molecule has 1 amide bonds. The summed E-state index contributed by atoms with van der Waals surface area (Å²) in [5.74, 6) is 0. The Hall–Kier alpha value is -0.730. The molecule has 2 N–H and O–H groups in total. The third kappa shape index (κ3) is 1.40. The van der Waals surface area contributed by atoms with Crippen molar-refractivity contribution in [1.82, 2.24) is 0 Å². The van der Waals surface area contributed by atoms with Crippen molar-refractivity contribution < 1.29 is 9.53 Å². The van der Waals surface area contributed by atoms with Gasteiger partial charge in [0.2, 0.25) is 0 Å². The van der Waals surface area contributed by atoms with Crippen LogP contribution in [0.4, 0.5) is 4.79 Å². The second kappa shape index (κ2) is 2.38. The van der Waals surface area contributed by atoms with Crippen LogP contribution in [0.1, 0.15) is 34.1 Å². The summed E-state index contributed by atoms with van der Waals surface area (Å²) in [6.07, 6.45) is 0.362. The summed E-state index contributed by atoms with van der Waals surface area (Å²) in [5.41, 5.74) is 5.15. The summed E-state index contributed by atoms with van der Waals surface area (Å²) in [6, 6.07) is 0. The minimum Gasteiger partial charge on any atom is -0.445 e. The molecule has 0 aromatic rings. The van der Waals surface area contributed by atoms with Crippen LogP contribution in [0.3, 0.4) is 0 Å². The second-order valence-electron chi connectivity index (χ2n) is 4.97. The van der Waals surface area contributed by atoms with Crippen molar-refractivity contribution >= 4 is 6.09 Å². The van der Waals surface area contributed by atoms with Crippen molar-refractivity contribution in [3.8, 4) is 0 Å². The highest BCUT2D eigenvalue weighted by Crippen LogP contribution is 2.55. The lowest BCUT2D eigenvalue weighted by atomic mass is 9.53. The van der Waals surface area contributed by atoms with Gasteiger partial charge in [-0.25, -0.2) is 4.79 Å². The first-order valence-electron chi connectivity index (χ1n) is 4.22. The lowest BCUT2D eigenvalue weighted by Crippen LogP contribution is -2.57. The van der Waals surface area contributed by atoms with Gasteiger partial charge < -0.3 is 10.5 Å². The van der Waals surface area contributed by atoms with Gasteiger partial charge in [-0.15, -0.1) is 0 Å². The molecule has 0 heterocycles. The Morgan fingerprint density at radius 3 is 1.92 bits per heavy atom. The molecule has 0 unspecified atom stereocenters. The summed E-state index contributed by atoms with van der Waals surface area (Å²) in [6.45, 7) is 8.36. The van der Waals surface area contributed by atoms with E-state index in [-0.39, 0.29) is 16.9 Å². The average molecular weight is 171 g/mol. The average Bonchev–Trinajstić information content (AvgIpc) is 1.80. The predicted molar refractivity (Wildman–Crippen MR) is 46.6 cm³/mol. The molecule has 0 aliphatic heterocycles. The van der Waals surface area contributed by atoms with Gasteiger partial charge in [-0.3, -0.25) is 0 Å². The van der Waals surface area contributed by atoms with Gasteiger partial charge in [-0.05, 0) is 6.42 Å². The van der Waals surface area contributed by atoms with Crippen LogP contribution in [0.25, 0.3) is 0 Å². The number of rotatable bonds is 1. The number of carbonyl (C=O) groups excluding carboxylic acids is 1. The molecule has 70 valence electrons. The molecule has 1 aliphatic rings. The standard InChI is InChI=1S/C9H17NO2/c1-8(2)5-9(3,4)6(8)12-7(10)11/h6H,5H2,1-4H3,(H2,10,11). The van der Waals surface area contributed by atoms with Crippen LogP contribution in [-0.4, -0.2) is 12.2 Å². The lowest BCUT2D eigenvalue weighted by molar-refractivity contribution is -0.150. The normalized spacial score (nSPS) is 26.0. The molecule has 0 atom stereocenters. The first-order valence-corrected chi connectivity index (χ1v) is 4.22. The van der Waals surface area contributed by atoms with E-state index >= 15 is 0 Å². The topological polar surface area (TPSA) is 52.3 Å². The molecular formula is C9H17NO2. The van der Waals surface area contributed by atoms with Gasteiger partial charge in [0, 0.05) is 10.8 Å². The zero-order chi connectivity index (χ0) is 9.57. The van der Waals surface area contributed by atoms with Crippen molar-refractivity contribution in [3.05, 3.63) is 0 Å². The highest BCUT2D eigenvalue weighted by atomic mass is 16.6. The molecule has 1 aliphatic carbocycles. The van der Waals surface area contributed by atoms with E-state index in [1.165, 1.54) is 0 Å². The molecule has 0 saturated heterocycles. The number of hydrogen-bond acceptors (Lipinski definition) is 2. The van der Waals surface area contributed by atoms with Crippen LogP contribution in [-0.2, 0) is 4.74 Å². The van der Waals surface area contributed by atoms with E-state index in [9.17, 15) is 4.79 Å². The maximum absolute atomic E-state index is 10.6. The highest BCUT2D eigenvalue weighted by molar-refractivity contribution is 5.65. The molecule has 1 rings (SSSR count). The van der Waals surface area contributed by atoms with Gasteiger partial charge in [-0.1, -0.05) is 27.7 Å². The monoisotopic (exact) mass is 171 g/mol. The third-order valence-corrected chi connectivity index (χ3v) is 2.56. The van der Waals surface area contributed by atoms with Gasteiger partial charge in [0.15, 0.2) is 0 Å². The van der Waals surface area contributed by atoms with Crippen LogP contribution in [0.15, 0.2) is 0 Å². The van der Waals surface area contributed by atoms with Crippen molar-refractivity contribution in [2.45, 2.75) is 40.2 Å². The first kappa shape index (κ1) is 9.36. The van der Waals surface area contributed by atoms with Crippen molar-refractivity contribution in [2.24, 2.45) is 16.6 Å². The van der Waals surface area contributed by atoms with Crippen molar-refractivity contribution in [1.29, 1.82) is 0 Å². The molecule has 0 spiro atoms. The smallest absolute Gasteiger partial charge is 0.404 e. The Morgan fingerprint density at radius 2 is 1.75 bits per heavy atom. The van der Waals surface area contributed by atoms with E-state index in [4.69, 9.17) is 10.5 Å². The molecule has 0 aromatic heterocycles. The largest absolute Gasteiger partial charge is 0.445 e. The summed E-state index contributed by atoms with van der Waals surface area (Å²) >= 11 is 0. The fourth-order valence-electron chi connectivity index (χ4n) is 2.72. The Balaban J connectivity index is 2.66. The van der Waals surface area contributed by atoms with Crippen LogP contribution >= 0.6 is 0 Å². The number of hydrogen-bond donors (Lipinski definition) is 1. The Bertz CT molecular complexity index is 195. The van der Waals surface area contributed by atoms with Crippen LogP contribution in [0.2, 0.25) is 0 Å². The van der Waals surface area contributed by atoms with E-state index in [1.807, 2.05) is 0 Å². The van der Waals surface area contributed by atoms with Crippen molar-refractivity contribution in [3.63, 3.8) is 0 Å². The lowest BCUT2D eigenvalue weighted by Gasteiger charge is -2.55.